The van der Waals surface area contributed by atoms with Crippen LogP contribution in [0.1, 0.15) is 16.5 Å². The summed E-state index contributed by atoms with van der Waals surface area (Å²) >= 11 is 1.75. The molecule has 28 heavy (non-hydrogen) atoms. The Morgan fingerprint density at radius 2 is 2.14 bits per heavy atom. The van der Waals surface area contributed by atoms with E-state index < -0.39 is 0 Å². The van der Waals surface area contributed by atoms with Crippen LogP contribution in [0.5, 0.6) is 5.75 Å². The molecule has 8 heteroatoms. The van der Waals surface area contributed by atoms with Gasteiger partial charge in [0.25, 0.3) is 0 Å². The maximum absolute atomic E-state index is 5.90. The fourth-order valence-corrected chi connectivity index (χ4v) is 3.74. The highest BCUT2D eigenvalue weighted by Crippen LogP contribution is 2.39. The van der Waals surface area contributed by atoms with E-state index in [0.29, 0.717) is 13.2 Å². The second-order valence-corrected chi connectivity index (χ2v) is 7.50. The first-order valence-electron chi connectivity index (χ1n) is 9.11. The van der Waals surface area contributed by atoms with Crippen molar-refractivity contribution in [1.82, 2.24) is 19.9 Å². The Labute approximate surface area is 168 Å². The number of anilines is 2. The number of fused-ring (bicyclic) bond motifs is 1. The van der Waals surface area contributed by atoms with Crippen molar-refractivity contribution in [3.8, 4) is 17.0 Å². The number of hydrogen-bond acceptors (Lipinski definition) is 8. The molecule has 0 radical (unpaired) electrons. The van der Waals surface area contributed by atoms with Crippen LogP contribution in [0, 0.1) is 6.92 Å². The summed E-state index contributed by atoms with van der Waals surface area (Å²) in [4.78, 5) is 17.4. The fourth-order valence-electron chi connectivity index (χ4n) is 3.07. The number of nitrogens with one attached hydrogen (secondary N) is 2. The zero-order chi connectivity index (χ0) is 19.3. The van der Waals surface area contributed by atoms with Crippen molar-refractivity contribution in [3.63, 3.8) is 0 Å². The van der Waals surface area contributed by atoms with Gasteiger partial charge in [-0.1, -0.05) is 0 Å². The van der Waals surface area contributed by atoms with E-state index in [4.69, 9.17) is 4.74 Å². The first kappa shape index (κ1) is 18.5. The second kappa shape index (κ2) is 8.43. The molecule has 1 atom stereocenters. The highest BCUT2D eigenvalue weighted by atomic mass is 32.2. The normalized spacial score (nSPS) is 13.8. The van der Waals surface area contributed by atoms with E-state index in [1.54, 1.807) is 18.1 Å². The maximum atomic E-state index is 5.90. The summed E-state index contributed by atoms with van der Waals surface area (Å²) in [5.74, 6) is 1.68. The lowest BCUT2D eigenvalue weighted by Gasteiger charge is -2.24. The van der Waals surface area contributed by atoms with Gasteiger partial charge in [0.2, 0.25) is 0 Å². The molecule has 0 aliphatic carbocycles. The predicted molar refractivity (Wildman–Crippen MR) is 113 cm³/mol. The summed E-state index contributed by atoms with van der Waals surface area (Å²) in [6.45, 7) is 4.14. The van der Waals surface area contributed by atoms with Gasteiger partial charge in [0, 0.05) is 48.4 Å². The van der Waals surface area contributed by atoms with Crippen LogP contribution in [0.25, 0.3) is 11.3 Å². The van der Waals surface area contributed by atoms with Crippen LogP contribution in [0.4, 0.5) is 11.5 Å². The van der Waals surface area contributed by atoms with Crippen LogP contribution in [0.3, 0.4) is 0 Å². The summed E-state index contributed by atoms with van der Waals surface area (Å²) in [6, 6.07) is 5.94. The highest BCUT2D eigenvalue weighted by Gasteiger charge is 2.21. The molecule has 0 aromatic carbocycles. The molecule has 0 spiro atoms. The molecule has 2 N–H and O–H groups in total. The van der Waals surface area contributed by atoms with Crippen molar-refractivity contribution >= 4 is 23.3 Å². The lowest BCUT2D eigenvalue weighted by Crippen LogP contribution is -2.21. The Morgan fingerprint density at radius 1 is 1.21 bits per heavy atom. The molecule has 144 valence electrons. The van der Waals surface area contributed by atoms with Crippen LogP contribution in [0.2, 0.25) is 0 Å². The molecule has 0 saturated carbocycles. The smallest absolute Gasteiger partial charge is 0.150 e. The third-order valence-electron chi connectivity index (χ3n) is 4.56. The zero-order valence-corrected chi connectivity index (χ0v) is 16.7. The third kappa shape index (κ3) is 4.01. The number of nitrogens with zero attached hydrogens (tertiary/aromatic N) is 4. The van der Waals surface area contributed by atoms with Gasteiger partial charge in [-0.2, -0.15) is 11.8 Å². The molecule has 4 rings (SSSR count). The maximum Gasteiger partial charge on any atom is 0.150 e. The minimum Gasteiger partial charge on any atom is -0.489 e. The number of pyridine rings is 2. The summed E-state index contributed by atoms with van der Waals surface area (Å²) in [5.41, 5.74) is 4.84. The van der Waals surface area contributed by atoms with Gasteiger partial charge in [-0.15, -0.1) is 0 Å². The SMILES string of the molecule is CSC(CNc1cc(-c2ccc(C)nc2)ncn1)c1cncc2c1OCCN2. The van der Waals surface area contributed by atoms with Gasteiger partial charge < -0.3 is 15.4 Å². The first-order valence-corrected chi connectivity index (χ1v) is 10.4. The first-order chi connectivity index (χ1) is 13.7. The molecule has 1 unspecified atom stereocenters. The molecule has 0 fully saturated rings. The Morgan fingerprint density at radius 3 is 2.96 bits per heavy atom. The van der Waals surface area contributed by atoms with Crippen LogP contribution in [0.15, 0.2) is 43.1 Å². The van der Waals surface area contributed by atoms with Crippen LogP contribution >= 0.6 is 11.8 Å². The van der Waals surface area contributed by atoms with Crippen LogP contribution < -0.4 is 15.4 Å². The number of aromatic nitrogens is 4. The van der Waals surface area contributed by atoms with Crippen molar-refractivity contribution in [3.05, 3.63) is 54.4 Å². The Hall–Kier alpha value is -2.87. The minimum absolute atomic E-state index is 0.182. The summed E-state index contributed by atoms with van der Waals surface area (Å²) < 4.78 is 5.90. The van der Waals surface area contributed by atoms with Gasteiger partial charge in [-0.05, 0) is 25.3 Å². The molecule has 3 aromatic heterocycles. The number of hydrogen-bond donors (Lipinski definition) is 2. The molecular formula is C20H22N6OS. The van der Waals surface area contributed by atoms with E-state index in [9.17, 15) is 0 Å². The molecule has 1 aliphatic rings. The van der Waals surface area contributed by atoms with Crippen molar-refractivity contribution in [2.24, 2.45) is 0 Å². The average Bonchev–Trinajstić information content (AvgIpc) is 2.75. The average molecular weight is 395 g/mol. The Balaban J connectivity index is 1.51. The second-order valence-electron chi connectivity index (χ2n) is 6.46. The van der Waals surface area contributed by atoms with E-state index in [0.717, 1.165) is 46.3 Å². The van der Waals surface area contributed by atoms with Gasteiger partial charge in [0.05, 0.1) is 22.8 Å². The van der Waals surface area contributed by atoms with E-state index in [2.05, 4.69) is 36.8 Å². The van der Waals surface area contributed by atoms with E-state index in [-0.39, 0.29) is 5.25 Å². The molecule has 0 amide bonds. The molecular weight excluding hydrogens is 372 g/mol. The van der Waals surface area contributed by atoms with Crippen molar-refractivity contribution < 1.29 is 4.74 Å². The van der Waals surface area contributed by atoms with Crippen LogP contribution in [-0.4, -0.2) is 45.9 Å². The highest BCUT2D eigenvalue weighted by molar-refractivity contribution is 7.98. The molecule has 1 aliphatic heterocycles. The topological polar surface area (TPSA) is 84.9 Å². The fraction of sp³-hybridized carbons (Fsp3) is 0.300. The minimum atomic E-state index is 0.182. The summed E-state index contributed by atoms with van der Waals surface area (Å²) in [7, 11) is 0. The molecule has 0 bridgehead atoms. The molecule has 3 aromatic rings. The lowest BCUT2D eigenvalue weighted by atomic mass is 10.1. The predicted octanol–water partition coefficient (Wildman–Crippen LogP) is 3.56. The number of rotatable bonds is 6. The monoisotopic (exact) mass is 394 g/mol. The largest absolute Gasteiger partial charge is 0.489 e. The molecule has 4 heterocycles. The van der Waals surface area contributed by atoms with E-state index >= 15 is 0 Å². The van der Waals surface area contributed by atoms with Crippen molar-refractivity contribution in [1.29, 1.82) is 0 Å². The van der Waals surface area contributed by atoms with Gasteiger partial charge in [0.1, 0.15) is 24.5 Å². The Bertz CT molecular complexity index is 950. The van der Waals surface area contributed by atoms with Crippen LogP contribution in [-0.2, 0) is 0 Å². The number of ether oxygens (including phenoxy) is 1. The van der Waals surface area contributed by atoms with Gasteiger partial charge >= 0.3 is 0 Å². The molecule has 0 saturated heterocycles. The standard InChI is InChI=1S/C20H22N6OS/c1-13-3-4-14(8-23-13)16-7-19(26-12-25-16)24-11-18(28-2)15-9-21-10-17-20(15)27-6-5-22-17/h3-4,7-10,12,18,22H,5-6,11H2,1-2H3,(H,24,25,26). The zero-order valence-electron chi connectivity index (χ0n) is 15.8. The summed E-state index contributed by atoms with van der Waals surface area (Å²) in [6.07, 6.45) is 9.20. The Kier molecular flexibility index (Phi) is 5.57. The number of aryl methyl sites for hydroxylation is 1. The van der Waals surface area contributed by atoms with Crippen molar-refractivity contribution in [2.45, 2.75) is 12.2 Å². The quantitative estimate of drug-likeness (QED) is 0.656. The number of thioether (sulfide) groups is 1. The third-order valence-corrected chi connectivity index (χ3v) is 5.55. The van der Waals surface area contributed by atoms with Gasteiger partial charge in [-0.3, -0.25) is 9.97 Å². The van der Waals surface area contributed by atoms with E-state index in [1.165, 1.54) is 0 Å². The van der Waals surface area contributed by atoms with Crippen molar-refractivity contribution in [2.75, 3.05) is 36.6 Å². The lowest BCUT2D eigenvalue weighted by molar-refractivity contribution is 0.319. The van der Waals surface area contributed by atoms with E-state index in [1.807, 2.05) is 43.7 Å². The van der Waals surface area contributed by atoms with Gasteiger partial charge in [-0.25, -0.2) is 9.97 Å². The van der Waals surface area contributed by atoms with Gasteiger partial charge in [0.15, 0.2) is 0 Å². The molecule has 7 nitrogen and oxygen atoms in total. The summed E-state index contributed by atoms with van der Waals surface area (Å²) in [5, 5.41) is 6.95.